The Morgan fingerprint density at radius 2 is 2.25 bits per heavy atom. The minimum absolute atomic E-state index is 0.0108. The fourth-order valence-corrected chi connectivity index (χ4v) is 1.32. The largest absolute Gasteiger partial charge is 0.489 e. The van der Waals surface area contributed by atoms with E-state index in [0.717, 1.165) is 12.8 Å². The van der Waals surface area contributed by atoms with Gasteiger partial charge in [0, 0.05) is 6.07 Å². The van der Waals surface area contributed by atoms with Crippen molar-refractivity contribution in [1.29, 1.82) is 0 Å². The lowest BCUT2D eigenvalue weighted by Gasteiger charge is -2.12. The van der Waals surface area contributed by atoms with Gasteiger partial charge in [-0.15, -0.1) is 0 Å². The smallest absolute Gasteiger partial charge is 0.172 e. The Balaban J connectivity index is 2.18. The van der Waals surface area contributed by atoms with Gasteiger partial charge < -0.3 is 9.47 Å². The number of nitrogens with zero attached hydrogens (tertiary/aromatic N) is 1. The first kappa shape index (κ1) is 10.9. The molecule has 0 atom stereocenters. The molecule has 0 aliphatic heterocycles. The van der Waals surface area contributed by atoms with E-state index in [1.807, 2.05) is 13.8 Å². The molecule has 1 fully saturated rings. The highest BCUT2D eigenvalue weighted by molar-refractivity contribution is 5.76. The van der Waals surface area contributed by atoms with Crippen LogP contribution in [-0.2, 0) is 0 Å². The molecule has 4 nitrogen and oxygen atoms in total. The van der Waals surface area contributed by atoms with E-state index in [1.54, 1.807) is 12.3 Å². The summed E-state index contributed by atoms with van der Waals surface area (Å²) in [7, 11) is 0. The predicted molar refractivity (Wildman–Crippen MR) is 59.0 cm³/mol. The molecular formula is C12H15NO3. The maximum Gasteiger partial charge on any atom is 0.172 e. The molecule has 86 valence electrons. The highest BCUT2D eigenvalue weighted by Gasteiger charge is 2.24. The van der Waals surface area contributed by atoms with Crippen molar-refractivity contribution in [1.82, 2.24) is 4.98 Å². The van der Waals surface area contributed by atoms with Crippen LogP contribution in [0.3, 0.4) is 0 Å². The molecule has 0 aromatic carbocycles. The number of pyridine rings is 1. The van der Waals surface area contributed by atoms with Crippen LogP contribution in [0, 0.1) is 0 Å². The van der Waals surface area contributed by atoms with Gasteiger partial charge in [0.2, 0.25) is 0 Å². The summed E-state index contributed by atoms with van der Waals surface area (Å²) in [5.74, 6) is 1.16. The molecule has 1 aliphatic carbocycles. The van der Waals surface area contributed by atoms with Crippen molar-refractivity contribution in [3.05, 3.63) is 18.0 Å². The topological polar surface area (TPSA) is 48.4 Å². The van der Waals surface area contributed by atoms with Crippen molar-refractivity contribution in [2.75, 3.05) is 0 Å². The van der Waals surface area contributed by atoms with Gasteiger partial charge in [0.15, 0.2) is 12.0 Å². The highest BCUT2D eigenvalue weighted by Crippen LogP contribution is 2.29. The Bertz CT molecular complexity index is 386. The summed E-state index contributed by atoms with van der Waals surface area (Å²) < 4.78 is 11.1. The Morgan fingerprint density at radius 1 is 1.50 bits per heavy atom. The predicted octanol–water partition coefficient (Wildman–Crippen LogP) is 2.22. The summed E-state index contributed by atoms with van der Waals surface area (Å²) in [6.07, 6.45) is 4.77. The van der Waals surface area contributed by atoms with Crippen LogP contribution in [0.15, 0.2) is 12.3 Å². The quantitative estimate of drug-likeness (QED) is 0.715. The van der Waals surface area contributed by atoms with Crippen molar-refractivity contribution < 1.29 is 14.3 Å². The Morgan fingerprint density at radius 3 is 2.81 bits per heavy atom. The number of aromatic nitrogens is 1. The van der Waals surface area contributed by atoms with Gasteiger partial charge in [-0.3, -0.25) is 4.79 Å². The molecule has 0 radical (unpaired) electrons. The normalized spacial score (nSPS) is 14.9. The van der Waals surface area contributed by atoms with Crippen LogP contribution in [0.4, 0.5) is 0 Å². The molecule has 0 N–H and O–H groups in total. The second kappa shape index (κ2) is 4.51. The second-order valence-corrected chi connectivity index (χ2v) is 4.16. The summed E-state index contributed by atoms with van der Waals surface area (Å²) in [5.41, 5.74) is 0.317. The molecule has 1 heterocycles. The van der Waals surface area contributed by atoms with E-state index in [-0.39, 0.29) is 6.10 Å². The van der Waals surface area contributed by atoms with E-state index in [4.69, 9.17) is 9.47 Å². The molecular weight excluding hydrogens is 206 g/mol. The zero-order valence-electron chi connectivity index (χ0n) is 9.47. The molecule has 0 unspecified atom stereocenters. The van der Waals surface area contributed by atoms with E-state index in [0.29, 0.717) is 29.6 Å². The maximum atomic E-state index is 10.8. The SMILES string of the molecule is CC(C)Oc1cc(OC2CC2)cnc1C=O. The monoisotopic (exact) mass is 221 g/mol. The van der Waals surface area contributed by atoms with Gasteiger partial charge in [0.25, 0.3) is 0 Å². The van der Waals surface area contributed by atoms with E-state index in [1.165, 1.54) is 0 Å². The number of ether oxygens (including phenoxy) is 2. The van der Waals surface area contributed by atoms with Crippen LogP contribution in [0.2, 0.25) is 0 Å². The summed E-state index contributed by atoms with van der Waals surface area (Å²) in [4.78, 5) is 14.8. The average Bonchev–Trinajstić information content (AvgIpc) is 3.01. The van der Waals surface area contributed by atoms with Gasteiger partial charge in [0.1, 0.15) is 11.4 Å². The van der Waals surface area contributed by atoms with Crippen molar-refractivity contribution in [2.45, 2.75) is 38.9 Å². The van der Waals surface area contributed by atoms with Gasteiger partial charge in [-0.2, -0.15) is 0 Å². The molecule has 4 heteroatoms. The molecule has 1 saturated carbocycles. The summed E-state index contributed by atoms with van der Waals surface area (Å²) in [6.45, 7) is 3.81. The van der Waals surface area contributed by atoms with Gasteiger partial charge >= 0.3 is 0 Å². The molecule has 1 aromatic heterocycles. The van der Waals surface area contributed by atoms with E-state index in [9.17, 15) is 4.79 Å². The Kier molecular flexibility index (Phi) is 3.08. The third kappa shape index (κ3) is 2.72. The number of carbonyl (C=O) groups is 1. The van der Waals surface area contributed by atoms with E-state index in [2.05, 4.69) is 4.98 Å². The Hall–Kier alpha value is -1.58. The van der Waals surface area contributed by atoms with Crippen LogP contribution < -0.4 is 9.47 Å². The third-order valence-electron chi connectivity index (χ3n) is 2.16. The molecule has 0 bridgehead atoms. The number of carbonyl (C=O) groups excluding carboxylic acids is 1. The lowest BCUT2D eigenvalue weighted by molar-refractivity contribution is 0.111. The Labute approximate surface area is 94.6 Å². The summed E-state index contributed by atoms with van der Waals surface area (Å²) in [6, 6.07) is 1.73. The van der Waals surface area contributed by atoms with Crippen LogP contribution in [0.25, 0.3) is 0 Å². The fourth-order valence-electron chi connectivity index (χ4n) is 1.32. The van der Waals surface area contributed by atoms with Crippen LogP contribution >= 0.6 is 0 Å². The first-order chi connectivity index (χ1) is 7.69. The number of rotatable bonds is 5. The lowest BCUT2D eigenvalue weighted by Crippen LogP contribution is -2.09. The van der Waals surface area contributed by atoms with Gasteiger partial charge in [-0.25, -0.2) is 4.98 Å². The molecule has 0 amide bonds. The minimum Gasteiger partial charge on any atom is -0.489 e. The van der Waals surface area contributed by atoms with E-state index >= 15 is 0 Å². The minimum atomic E-state index is 0.0108. The second-order valence-electron chi connectivity index (χ2n) is 4.16. The number of hydrogen-bond donors (Lipinski definition) is 0. The third-order valence-corrected chi connectivity index (χ3v) is 2.16. The van der Waals surface area contributed by atoms with Crippen LogP contribution in [0.5, 0.6) is 11.5 Å². The summed E-state index contributed by atoms with van der Waals surface area (Å²) >= 11 is 0. The zero-order chi connectivity index (χ0) is 11.5. The molecule has 2 rings (SSSR count). The molecule has 1 aliphatic rings. The molecule has 0 spiro atoms. The molecule has 0 saturated heterocycles. The lowest BCUT2D eigenvalue weighted by atomic mass is 10.3. The van der Waals surface area contributed by atoms with Crippen LogP contribution in [0.1, 0.15) is 37.2 Å². The van der Waals surface area contributed by atoms with E-state index < -0.39 is 0 Å². The first-order valence-corrected chi connectivity index (χ1v) is 5.47. The fraction of sp³-hybridized carbons (Fsp3) is 0.500. The average molecular weight is 221 g/mol. The first-order valence-electron chi connectivity index (χ1n) is 5.47. The van der Waals surface area contributed by atoms with Crippen molar-refractivity contribution in [2.24, 2.45) is 0 Å². The summed E-state index contributed by atoms with van der Waals surface area (Å²) in [5, 5.41) is 0. The van der Waals surface area contributed by atoms with Crippen molar-refractivity contribution in [3.8, 4) is 11.5 Å². The number of hydrogen-bond acceptors (Lipinski definition) is 4. The molecule has 1 aromatic rings. The number of aldehydes is 1. The van der Waals surface area contributed by atoms with Gasteiger partial charge in [0.05, 0.1) is 18.4 Å². The van der Waals surface area contributed by atoms with Gasteiger partial charge in [-0.1, -0.05) is 0 Å². The zero-order valence-corrected chi connectivity index (χ0v) is 9.47. The standard InChI is InChI=1S/C12H15NO3/c1-8(2)15-12-5-10(16-9-3-4-9)6-13-11(12)7-14/h5-9H,3-4H2,1-2H3. The highest BCUT2D eigenvalue weighted by atomic mass is 16.5. The maximum absolute atomic E-state index is 10.8. The van der Waals surface area contributed by atoms with Crippen LogP contribution in [-0.4, -0.2) is 23.5 Å². The molecule has 16 heavy (non-hydrogen) atoms. The van der Waals surface area contributed by atoms with Crippen molar-refractivity contribution in [3.63, 3.8) is 0 Å². The van der Waals surface area contributed by atoms with Gasteiger partial charge in [-0.05, 0) is 26.7 Å². The van der Waals surface area contributed by atoms with Crippen molar-refractivity contribution >= 4 is 6.29 Å².